The first kappa shape index (κ1) is 20.0. The molecule has 1 aliphatic rings. The zero-order valence-electron chi connectivity index (χ0n) is 16.4. The Morgan fingerprint density at radius 3 is 2.30 bits per heavy atom. The summed E-state index contributed by atoms with van der Waals surface area (Å²) in [7, 11) is 0. The third kappa shape index (κ3) is 3.90. The molecular weight excluding hydrogens is 396 g/mol. The van der Waals surface area contributed by atoms with Crippen LogP contribution in [0, 0.1) is 11.3 Å². The van der Waals surface area contributed by atoms with E-state index in [0.717, 1.165) is 11.1 Å². The van der Waals surface area contributed by atoms with Gasteiger partial charge in [0.05, 0.1) is 11.4 Å². The van der Waals surface area contributed by atoms with Crippen LogP contribution in [0.4, 0.5) is 0 Å². The Hall–Kier alpha value is -3.29. The van der Waals surface area contributed by atoms with E-state index in [-0.39, 0.29) is 11.3 Å². The molecule has 0 saturated carbocycles. The fraction of sp³-hybridized carbons (Fsp3) is 0.200. The SMILES string of the molecule is N#CC1(c2ccc(OCc3ccccc3)cc2)CC(Cl)CN1C(=O)c1ccccc1. The molecule has 1 amide bonds. The number of ether oxygens (including phenoxy) is 1. The number of benzene rings is 3. The largest absolute Gasteiger partial charge is 0.489 e. The number of carbonyl (C=O) groups is 1. The monoisotopic (exact) mass is 416 g/mol. The summed E-state index contributed by atoms with van der Waals surface area (Å²) in [5.74, 6) is 0.516. The number of hydrogen-bond donors (Lipinski definition) is 0. The fourth-order valence-electron chi connectivity index (χ4n) is 3.85. The van der Waals surface area contributed by atoms with E-state index in [2.05, 4.69) is 6.07 Å². The van der Waals surface area contributed by atoms with Crippen molar-refractivity contribution < 1.29 is 9.53 Å². The number of nitriles is 1. The Morgan fingerprint density at radius 2 is 1.67 bits per heavy atom. The number of rotatable bonds is 5. The van der Waals surface area contributed by atoms with Crippen LogP contribution in [-0.4, -0.2) is 22.7 Å². The maximum absolute atomic E-state index is 13.2. The number of amides is 1. The third-order valence-corrected chi connectivity index (χ3v) is 5.68. The molecule has 4 nitrogen and oxygen atoms in total. The number of alkyl halides is 1. The lowest BCUT2D eigenvalue weighted by atomic mass is 9.88. The van der Waals surface area contributed by atoms with Crippen molar-refractivity contribution in [3.05, 3.63) is 102 Å². The highest BCUT2D eigenvalue weighted by atomic mass is 35.5. The van der Waals surface area contributed by atoms with E-state index in [9.17, 15) is 10.1 Å². The minimum atomic E-state index is -1.10. The third-order valence-electron chi connectivity index (χ3n) is 5.39. The van der Waals surface area contributed by atoms with Gasteiger partial charge in [0.1, 0.15) is 12.4 Å². The zero-order valence-corrected chi connectivity index (χ0v) is 17.1. The Balaban J connectivity index is 1.58. The molecule has 0 N–H and O–H groups in total. The zero-order chi connectivity index (χ0) is 21.0. The minimum absolute atomic E-state index is 0.190. The van der Waals surface area contributed by atoms with Gasteiger partial charge in [-0.15, -0.1) is 11.6 Å². The van der Waals surface area contributed by atoms with Crippen molar-refractivity contribution in [2.45, 2.75) is 23.9 Å². The molecule has 30 heavy (non-hydrogen) atoms. The maximum Gasteiger partial charge on any atom is 0.255 e. The number of halogens is 1. The van der Waals surface area contributed by atoms with Crippen molar-refractivity contribution in [1.29, 1.82) is 5.26 Å². The van der Waals surface area contributed by atoms with Gasteiger partial charge in [-0.05, 0) is 35.4 Å². The molecule has 0 spiro atoms. The van der Waals surface area contributed by atoms with Crippen LogP contribution in [0.5, 0.6) is 5.75 Å². The van der Waals surface area contributed by atoms with Gasteiger partial charge in [0.15, 0.2) is 5.54 Å². The van der Waals surface area contributed by atoms with E-state index in [1.165, 1.54) is 0 Å². The first-order valence-electron chi connectivity index (χ1n) is 9.82. The molecule has 0 bridgehead atoms. The topological polar surface area (TPSA) is 53.3 Å². The second-order valence-electron chi connectivity index (χ2n) is 7.35. The Kier molecular flexibility index (Phi) is 5.74. The Labute approximate surface area is 181 Å². The molecule has 3 aromatic rings. The average molecular weight is 417 g/mol. The van der Waals surface area contributed by atoms with Gasteiger partial charge >= 0.3 is 0 Å². The van der Waals surface area contributed by atoms with Crippen LogP contribution >= 0.6 is 11.6 Å². The van der Waals surface area contributed by atoms with Crippen molar-refractivity contribution in [2.75, 3.05) is 6.54 Å². The number of likely N-dealkylation sites (tertiary alicyclic amines) is 1. The number of carbonyl (C=O) groups excluding carboxylic acids is 1. The van der Waals surface area contributed by atoms with Gasteiger partial charge in [-0.1, -0.05) is 60.7 Å². The second kappa shape index (κ2) is 8.61. The van der Waals surface area contributed by atoms with Gasteiger partial charge in [0, 0.05) is 18.5 Å². The summed E-state index contributed by atoms with van der Waals surface area (Å²) < 4.78 is 5.85. The van der Waals surface area contributed by atoms with Crippen molar-refractivity contribution >= 4 is 17.5 Å². The van der Waals surface area contributed by atoms with E-state index in [1.54, 1.807) is 17.0 Å². The van der Waals surface area contributed by atoms with Crippen LogP contribution in [-0.2, 0) is 12.1 Å². The van der Waals surface area contributed by atoms with E-state index >= 15 is 0 Å². The molecule has 1 heterocycles. The molecule has 1 fully saturated rings. The Bertz CT molecular complexity index is 1050. The van der Waals surface area contributed by atoms with Crippen LogP contribution in [0.25, 0.3) is 0 Å². The lowest BCUT2D eigenvalue weighted by Crippen LogP contribution is -2.44. The van der Waals surface area contributed by atoms with Crippen LogP contribution in [0.2, 0.25) is 0 Å². The molecule has 2 atom stereocenters. The summed E-state index contributed by atoms with van der Waals surface area (Å²) in [5.41, 5.74) is 1.27. The molecule has 0 radical (unpaired) electrons. The van der Waals surface area contributed by atoms with Crippen molar-refractivity contribution in [2.24, 2.45) is 0 Å². The van der Waals surface area contributed by atoms with Crippen molar-refractivity contribution in [1.82, 2.24) is 4.90 Å². The molecule has 150 valence electrons. The van der Waals surface area contributed by atoms with Crippen LogP contribution in [0.1, 0.15) is 27.9 Å². The minimum Gasteiger partial charge on any atom is -0.489 e. The highest BCUT2D eigenvalue weighted by molar-refractivity contribution is 6.21. The molecule has 5 heteroatoms. The fourth-order valence-corrected chi connectivity index (χ4v) is 4.22. The summed E-state index contributed by atoms with van der Waals surface area (Å²) in [6.45, 7) is 0.793. The molecule has 4 rings (SSSR count). The van der Waals surface area contributed by atoms with Gasteiger partial charge < -0.3 is 9.64 Å². The van der Waals surface area contributed by atoms with Gasteiger partial charge in [0.2, 0.25) is 0 Å². The van der Waals surface area contributed by atoms with Gasteiger partial charge in [0.25, 0.3) is 5.91 Å². The van der Waals surface area contributed by atoms with Crippen molar-refractivity contribution in [3.63, 3.8) is 0 Å². The number of hydrogen-bond acceptors (Lipinski definition) is 3. The van der Waals surface area contributed by atoms with Gasteiger partial charge in [-0.25, -0.2) is 0 Å². The van der Waals surface area contributed by atoms with Crippen molar-refractivity contribution in [3.8, 4) is 11.8 Å². The standard InChI is InChI=1S/C25H21ClN2O2/c26-22-15-25(18-27,28(16-22)24(29)20-9-5-2-6-10-20)21-11-13-23(14-12-21)30-17-19-7-3-1-4-8-19/h1-14,22H,15-17H2. The molecule has 0 aromatic heterocycles. The van der Waals surface area contributed by atoms with Crippen LogP contribution in [0.3, 0.4) is 0 Å². The molecule has 0 aliphatic carbocycles. The van der Waals surface area contributed by atoms with Gasteiger partial charge in [-0.2, -0.15) is 5.26 Å². The normalized spacial score (nSPS) is 20.5. The van der Waals surface area contributed by atoms with Gasteiger partial charge in [-0.3, -0.25) is 4.79 Å². The first-order chi connectivity index (χ1) is 14.6. The van der Waals surface area contributed by atoms with E-state index in [1.807, 2.05) is 72.8 Å². The molecular formula is C25H21ClN2O2. The lowest BCUT2D eigenvalue weighted by Gasteiger charge is -2.33. The molecule has 1 saturated heterocycles. The lowest BCUT2D eigenvalue weighted by molar-refractivity contribution is 0.0670. The first-order valence-corrected chi connectivity index (χ1v) is 10.3. The smallest absolute Gasteiger partial charge is 0.255 e. The highest BCUT2D eigenvalue weighted by Crippen LogP contribution is 2.41. The number of nitrogens with zero attached hydrogens (tertiary/aromatic N) is 2. The molecule has 2 unspecified atom stereocenters. The predicted molar refractivity (Wildman–Crippen MR) is 116 cm³/mol. The highest BCUT2D eigenvalue weighted by Gasteiger charge is 2.49. The predicted octanol–water partition coefficient (Wildman–Crippen LogP) is 5.14. The summed E-state index contributed by atoms with van der Waals surface area (Å²) in [4.78, 5) is 14.8. The molecule has 3 aromatic carbocycles. The molecule has 1 aliphatic heterocycles. The quantitative estimate of drug-likeness (QED) is 0.541. The second-order valence-corrected chi connectivity index (χ2v) is 7.97. The Morgan fingerprint density at radius 1 is 1.03 bits per heavy atom. The van der Waals surface area contributed by atoms with Crippen LogP contribution in [0.15, 0.2) is 84.9 Å². The maximum atomic E-state index is 13.2. The summed E-state index contributed by atoms with van der Waals surface area (Å²) in [6, 6.07) is 28.7. The average Bonchev–Trinajstić information content (AvgIpc) is 3.16. The summed E-state index contributed by atoms with van der Waals surface area (Å²) >= 11 is 6.43. The van der Waals surface area contributed by atoms with E-state index in [0.29, 0.717) is 30.9 Å². The van der Waals surface area contributed by atoms with E-state index < -0.39 is 5.54 Å². The van der Waals surface area contributed by atoms with E-state index in [4.69, 9.17) is 16.3 Å². The summed E-state index contributed by atoms with van der Waals surface area (Å²) in [6.07, 6.45) is 0.383. The summed E-state index contributed by atoms with van der Waals surface area (Å²) in [5, 5.41) is 9.86. The van der Waals surface area contributed by atoms with Crippen LogP contribution < -0.4 is 4.74 Å².